The van der Waals surface area contributed by atoms with Crippen molar-refractivity contribution < 1.29 is 0 Å². The molecule has 0 radical (unpaired) electrons. The molecule has 0 aliphatic carbocycles. The minimum absolute atomic E-state index is 0.343. The molecule has 1 aromatic rings. The van der Waals surface area contributed by atoms with Crippen LogP contribution in [0.4, 0.5) is 11.9 Å². The van der Waals surface area contributed by atoms with Crippen molar-refractivity contribution in [1.82, 2.24) is 15.0 Å². The topological polar surface area (TPSA) is 65.6 Å². The van der Waals surface area contributed by atoms with E-state index in [0.29, 0.717) is 22.7 Å². The average molecular weight is 227 g/mol. The highest BCUT2D eigenvalue weighted by atomic mass is 32.1. The summed E-state index contributed by atoms with van der Waals surface area (Å²) in [7, 11) is 0. The smallest absolute Gasteiger partial charge is 0.225 e. The highest BCUT2D eigenvalue weighted by molar-refractivity contribution is 7.71. The van der Waals surface area contributed by atoms with Crippen molar-refractivity contribution in [3.8, 4) is 0 Å². The van der Waals surface area contributed by atoms with Crippen LogP contribution in [0.25, 0.3) is 0 Å². The molecule has 0 fully saturated rings. The molecule has 1 unspecified atom stereocenters. The van der Waals surface area contributed by atoms with Crippen molar-refractivity contribution in [3.63, 3.8) is 0 Å². The molecule has 5 nitrogen and oxygen atoms in total. The predicted molar refractivity (Wildman–Crippen MR) is 64.8 cm³/mol. The molecule has 3 N–H and O–H groups in total. The third kappa shape index (κ3) is 3.83. The Morgan fingerprint density at radius 3 is 2.60 bits per heavy atom. The van der Waals surface area contributed by atoms with Crippen molar-refractivity contribution in [2.75, 3.05) is 17.2 Å². The molecule has 1 rings (SSSR count). The van der Waals surface area contributed by atoms with Gasteiger partial charge in [-0.1, -0.05) is 6.92 Å². The first-order chi connectivity index (χ1) is 7.15. The second-order valence-electron chi connectivity index (χ2n) is 3.31. The molecule has 1 atom stereocenters. The monoisotopic (exact) mass is 227 g/mol. The van der Waals surface area contributed by atoms with Crippen molar-refractivity contribution in [2.24, 2.45) is 0 Å². The first-order valence-corrected chi connectivity index (χ1v) is 5.55. The summed E-state index contributed by atoms with van der Waals surface area (Å²) in [6, 6.07) is 0.361. The maximum absolute atomic E-state index is 4.97. The van der Waals surface area contributed by atoms with Crippen molar-refractivity contribution in [2.45, 2.75) is 33.2 Å². The standard InChI is InChI=1S/C9H17N5S/c1-4-6(3)11-8-12-7(10-5-2)13-9(15)14-8/h6H,4-5H2,1-3H3,(H3,10,11,12,13,14,15). The fourth-order valence-corrected chi connectivity index (χ4v) is 1.22. The van der Waals surface area contributed by atoms with Crippen molar-refractivity contribution in [1.29, 1.82) is 0 Å². The van der Waals surface area contributed by atoms with Crippen LogP contribution in [0, 0.1) is 4.77 Å². The van der Waals surface area contributed by atoms with Gasteiger partial charge >= 0.3 is 0 Å². The lowest BCUT2D eigenvalue weighted by Crippen LogP contribution is -2.17. The minimum atomic E-state index is 0.343. The quantitative estimate of drug-likeness (QED) is 0.673. The number of hydrogen-bond donors (Lipinski definition) is 3. The van der Waals surface area contributed by atoms with Crippen LogP contribution in [0.15, 0.2) is 0 Å². The Labute approximate surface area is 94.7 Å². The van der Waals surface area contributed by atoms with Crippen LogP contribution in [0.2, 0.25) is 0 Å². The predicted octanol–water partition coefficient (Wildman–Crippen LogP) is 2.18. The van der Waals surface area contributed by atoms with Crippen LogP contribution in [-0.2, 0) is 0 Å². The molecule has 1 heterocycles. The van der Waals surface area contributed by atoms with Crippen LogP contribution < -0.4 is 10.6 Å². The average Bonchev–Trinajstić information content (AvgIpc) is 2.17. The zero-order chi connectivity index (χ0) is 11.3. The highest BCUT2D eigenvalue weighted by Crippen LogP contribution is 2.05. The Hall–Kier alpha value is -1.17. The number of H-pyrrole nitrogens is 1. The van der Waals surface area contributed by atoms with Crippen LogP contribution in [0.1, 0.15) is 27.2 Å². The van der Waals surface area contributed by atoms with Crippen molar-refractivity contribution >= 4 is 24.1 Å². The summed E-state index contributed by atoms with van der Waals surface area (Å²) in [5, 5.41) is 6.28. The van der Waals surface area contributed by atoms with Crippen LogP contribution in [-0.4, -0.2) is 27.5 Å². The van der Waals surface area contributed by atoms with Gasteiger partial charge in [-0.3, -0.25) is 4.98 Å². The summed E-state index contributed by atoms with van der Waals surface area (Å²) >= 11 is 4.97. The van der Waals surface area contributed by atoms with E-state index in [2.05, 4.69) is 39.4 Å². The van der Waals surface area contributed by atoms with Gasteiger partial charge in [0.05, 0.1) is 0 Å². The molecule has 0 aliphatic rings. The van der Waals surface area contributed by atoms with Gasteiger partial charge in [0.15, 0.2) is 0 Å². The van der Waals surface area contributed by atoms with E-state index >= 15 is 0 Å². The van der Waals surface area contributed by atoms with E-state index in [9.17, 15) is 0 Å². The summed E-state index contributed by atoms with van der Waals surface area (Å²) in [6.07, 6.45) is 1.03. The van der Waals surface area contributed by atoms with E-state index < -0.39 is 0 Å². The number of nitrogens with one attached hydrogen (secondary N) is 3. The Morgan fingerprint density at radius 2 is 2.00 bits per heavy atom. The fourth-order valence-electron chi connectivity index (χ4n) is 1.04. The number of hydrogen-bond acceptors (Lipinski definition) is 5. The van der Waals surface area contributed by atoms with Gasteiger partial charge < -0.3 is 10.6 Å². The van der Waals surface area contributed by atoms with Gasteiger partial charge in [-0.15, -0.1) is 0 Å². The minimum Gasteiger partial charge on any atom is -0.356 e. The number of anilines is 2. The molecule has 1 aromatic heterocycles. The molecule has 15 heavy (non-hydrogen) atoms. The molecule has 0 saturated heterocycles. The molecule has 84 valence electrons. The van der Waals surface area contributed by atoms with Gasteiger partial charge in [0.25, 0.3) is 0 Å². The Balaban J connectivity index is 2.83. The zero-order valence-electron chi connectivity index (χ0n) is 9.29. The Bertz CT molecular complexity index is 362. The van der Waals surface area contributed by atoms with Gasteiger partial charge in [-0.2, -0.15) is 9.97 Å². The third-order valence-electron chi connectivity index (χ3n) is 1.99. The molecule has 0 spiro atoms. The van der Waals surface area contributed by atoms with E-state index in [1.807, 2.05) is 6.92 Å². The zero-order valence-corrected chi connectivity index (χ0v) is 10.1. The lowest BCUT2D eigenvalue weighted by Gasteiger charge is -2.12. The molecule has 0 aromatic carbocycles. The van der Waals surface area contributed by atoms with Crippen LogP contribution >= 0.6 is 12.2 Å². The Kier molecular flexibility index (Phi) is 4.48. The van der Waals surface area contributed by atoms with E-state index in [4.69, 9.17) is 12.2 Å². The second kappa shape index (κ2) is 5.65. The number of rotatable bonds is 5. The summed E-state index contributed by atoms with van der Waals surface area (Å²) < 4.78 is 0.343. The largest absolute Gasteiger partial charge is 0.356 e. The molecular formula is C9H17N5S. The van der Waals surface area contributed by atoms with Crippen molar-refractivity contribution in [3.05, 3.63) is 4.77 Å². The summed E-state index contributed by atoms with van der Waals surface area (Å²) in [6.45, 7) is 7.00. The SMILES string of the molecule is CCNc1nc(=S)nc(NC(C)CC)[nH]1. The van der Waals surface area contributed by atoms with Gasteiger partial charge in [-0.05, 0) is 32.5 Å². The number of aromatic nitrogens is 3. The van der Waals surface area contributed by atoms with E-state index in [1.165, 1.54) is 0 Å². The number of aromatic amines is 1. The maximum Gasteiger partial charge on any atom is 0.225 e. The summed E-state index contributed by atoms with van der Waals surface area (Å²) in [5.41, 5.74) is 0. The van der Waals surface area contributed by atoms with Gasteiger partial charge in [-0.25, -0.2) is 0 Å². The molecule has 0 amide bonds. The molecule has 0 aliphatic heterocycles. The normalized spacial score (nSPS) is 12.2. The van der Waals surface area contributed by atoms with Gasteiger partial charge in [0, 0.05) is 12.6 Å². The molecule has 0 saturated carbocycles. The van der Waals surface area contributed by atoms with E-state index in [-0.39, 0.29) is 0 Å². The van der Waals surface area contributed by atoms with Gasteiger partial charge in [0.2, 0.25) is 16.7 Å². The number of nitrogens with zero attached hydrogens (tertiary/aromatic N) is 2. The summed E-state index contributed by atoms with van der Waals surface area (Å²) in [4.78, 5) is 11.2. The lowest BCUT2D eigenvalue weighted by atomic mass is 10.3. The van der Waals surface area contributed by atoms with E-state index in [0.717, 1.165) is 13.0 Å². The van der Waals surface area contributed by atoms with E-state index in [1.54, 1.807) is 0 Å². The fraction of sp³-hybridized carbons (Fsp3) is 0.667. The van der Waals surface area contributed by atoms with Crippen LogP contribution in [0.3, 0.4) is 0 Å². The van der Waals surface area contributed by atoms with Crippen LogP contribution in [0.5, 0.6) is 0 Å². The summed E-state index contributed by atoms with van der Waals surface area (Å²) in [5.74, 6) is 1.32. The molecule has 0 bridgehead atoms. The molecule has 6 heteroatoms. The maximum atomic E-state index is 4.97. The van der Waals surface area contributed by atoms with Gasteiger partial charge in [0.1, 0.15) is 0 Å². The first-order valence-electron chi connectivity index (χ1n) is 5.14. The third-order valence-corrected chi connectivity index (χ3v) is 2.17. The Morgan fingerprint density at radius 1 is 1.33 bits per heavy atom. The highest BCUT2D eigenvalue weighted by Gasteiger charge is 2.02. The second-order valence-corrected chi connectivity index (χ2v) is 3.68. The lowest BCUT2D eigenvalue weighted by molar-refractivity contribution is 0.750. The molecular weight excluding hydrogens is 210 g/mol. The first kappa shape index (κ1) is 11.9.